The highest BCUT2D eigenvalue weighted by Crippen LogP contribution is 2.35. The highest BCUT2D eigenvalue weighted by atomic mass is 19.1. The number of halogens is 1. The Hall–Kier alpha value is -4.21. The van der Waals surface area contributed by atoms with Crippen LogP contribution < -0.4 is 15.6 Å². The number of aryl methyl sites for hydroxylation is 1. The number of pyridine rings is 1. The number of carbonyl (C=O) groups is 1. The molecule has 0 radical (unpaired) electrons. The molecule has 10 heteroatoms. The first-order valence-electron chi connectivity index (χ1n) is 10.4. The highest BCUT2D eigenvalue weighted by Gasteiger charge is 2.35. The second-order valence-electron chi connectivity index (χ2n) is 8.10. The molecule has 9 nitrogen and oxygen atoms in total. The maximum Gasteiger partial charge on any atom is 0.257 e. The number of imidazole rings is 1. The van der Waals surface area contributed by atoms with Crippen LogP contribution >= 0.6 is 0 Å². The van der Waals surface area contributed by atoms with Crippen molar-refractivity contribution in [2.75, 3.05) is 11.4 Å². The number of aromatic nitrogens is 4. The SMILES string of the molecule is Cn1cc(O)c(=O)c(C(=O)N[C@H]2C[C@H](c3cccc(F)c3)N(c3ccc4nccn4n3)C2)c1. The molecule has 0 aliphatic carbocycles. The van der Waals surface area contributed by atoms with Gasteiger partial charge in [-0.1, -0.05) is 12.1 Å². The smallest absolute Gasteiger partial charge is 0.257 e. The zero-order valence-electron chi connectivity index (χ0n) is 17.7. The fraction of sp³-hybridized carbons (Fsp3) is 0.217. The largest absolute Gasteiger partial charge is 0.503 e. The molecule has 0 saturated carbocycles. The molecular formula is C23H21FN6O3. The van der Waals surface area contributed by atoms with Crippen LogP contribution in [0.2, 0.25) is 0 Å². The molecule has 1 fully saturated rings. The Morgan fingerprint density at radius 1 is 1.24 bits per heavy atom. The first-order valence-corrected chi connectivity index (χ1v) is 10.4. The van der Waals surface area contributed by atoms with Gasteiger partial charge >= 0.3 is 0 Å². The van der Waals surface area contributed by atoms with E-state index in [4.69, 9.17) is 0 Å². The van der Waals surface area contributed by atoms with Crippen molar-refractivity contribution in [1.82, 2.24) is 24.5 Å². The lowest BCUT2D eigenvalue weighted by molar-refractivity contribution is 0.0937. The molecule has 0 unspecified atom stereocenters. The summed E-state index contributed by atoms with van der Waals surface area (Å²) in [6.07, 6.45) is 6.50. The van der Waals surface area contributed by atoms with E-state index in [1.54, 1.807) is 30.0 Å². The van der Waals surface area contributed by atoms with Crippen LogP contribution in [0.25, 0.3) is 5.65 Å². The van der Waals surface area contributed by atoms with Crippen LogP contribution in [0.5, 0.6) is 5.75 Å². The van der Waals surface area contributed by atoms with E-state index in [1.165, 1.54) is 29.1 Å². The Morgan fingerprint density at radius 3 is 2.91 bits per heavy atom. The lowest BCUT2D eigenvalue weighted by atomic mass is 10.0. The molecule has 1 aliphatic rings. The zero-order valence-corrected chi connectivity index (χ0v) is 17.7. The molecule has 3 aromatic heterocycles. The van der Waals surface area contributed by atoms with Gasteiger partial charge in [-0.3, -0.25) is 9.59 Å². The maximum absolute atomic E-state index is 14.0. The first-order chi connectivity index (χ1) is 15.9. The number of amides is 1. The Kier molecular flexibility index (Phi) is 5.04. The summed E-state index contributed by atoms with van der Waals surface area (Å²) < 4.78 is 17.1. The summed E-state index contributed by atoms with van der Waals surface area (Å²) in [5.74, 6) is -0.760. The van der Waals surface area contributed by atoms with Crippen molar-refractivity contribution in [1.29, 1.82) is 0 Å². The minimum absolute atomic E-state index is 0.142. The third kappa shape index (κ3) is 3.91. The second kappa shape index (κ2) is 8.05. The number of hydrogen-bond donors (Lipinski definition) is 2. The minimum atomic E-state index is -0.727. The van der Waals surface area contributed by atoms with Crippen molar-refractivity contribution < 1.29 is 14.3 Å². The molecule has 1 amide bonds. The van der Waals surface area contributed by atoms with E-state index in [2.05, 4.69) is 15.4 Å². The van der Waals surface area contributed by atoms with Gasteiger partial charge in [-0.25, -0.2) is 13.9 Å². The number of nitrogens with one attached hydrogen (secondary N) is 1. The van der Waals surface area contributed by atoms with Gasteiger partial charge in [-0.05, 0) is 36.2 Å². The third-order valence-corrected chi connectivity index (χ3v) is 5.79. The van der Waals surface area contributed by atoms with Gasteiger partial charge in [0.1, 0.15) is 17.2 Å². The molecule has 2 N–H and O–H groups in total. The van der Waals surface area contributed by atoms with Gasteiger partial charge in [0.05, 0.1) is 6.04 Å². The standard InChI is InChI=1S/C23H21FN6O3/c1-28-12-17(22(32)19(31)13-28)23(33)26-16-10-18(14-3-2-4-15(24)9-14)29(11-16)21-6-5-20-25-7-8-30(20)27-21/h2-9,12-13,16,18,31H,10-11H2,1H3,(H,26,33)/t16-,18+/m0/s1. The molecule has 0 spiro atoms. The minimum Gasteiger partial charge on any atom is -0.503 e. The van der Waals surface area contributed by atoms with Crippen LogP contribution in [0, 0.1) is 5.82 Å². The number of nitrogens with zero attached hydrogens (tertiary/aromatic N) is 5. The molecule has 5 rings (SSSR count). The fourth-order valence-electron chi connectivity index (χ4n) is 4.30. The summed E-state index contributed by atoms with van der Waals surface area (Å²) in [5.41, 5.74) is 0.586. The summed E-state index contributed by atoms with van der Waals surface area (Å²) in [7, 11) is 1.62. The van der Waals surface area contributed by atoms with E-state index in [1.807, 2.05) is 23.1 Å². The van der Waals surface area contributed by atoms with E-state index in [9.17, 15) is 19.1 Å². The monoisotopic (exact) mass is 448 g/mol. The van der Waals surface area contributed by atoms with Crippen LogP contribution in [-0.4, -0.2) is 42.8 Å². The number of hydrogen-bond acceptors (Lipinski definition) is 6. The van der Waals surface area contributed by atoms with E-state index in [0.29, 0.717) is 24.4 Å². The number of anilines is 1. The molecule has 1 aliphatic heterocycles. The maximum atomic E-state index is 14.0. The molecule has 4 heterocycles. The predicted octanol–water partition coefficient (Wildman–Crippen LogP) is 2.02. The van der Waals surface area contributed by atoms with Crippen molar-refractivity contribution >= 4 is 17.4 Å². The Bertz CT molecular complexity index is 1410. The van der Waals surface area contributed by atoms with Crippen LogP contribution in [0.3, 0.4) is 0 Å². The summed E-state index contributed by atoms with van der Waals surface area (Å²) in [4.78, 5) is 31.3. The second-order valence-corrected chi connectivity index (χ2v) is 8.10. The Labute approximate surface area is 187 Å². The lowest BCUT2D eigenvalue weighted by Gasteiger charge is -2.25. The fourth-order valence-corrected chi connectivity index (χ4v) is 4.30. The van der Waals surface area contributed by atoms with E-state index in [0.717, 1.165) is 5.56 Å². The van der Waals surface area contributed by atoms with E-state index in [-0.39, 0.29) is 23.5 Å². The Balaban J connectivity index is 1.46. The number of aromatic hydroxyl groups is 1. The van der Waals surface area contributed by atoms with Gasteiger partial charge in [0.25, 0.3) is 5.91 Å². The molecule has 168 valence electrons. The number of benzene rings is 1. The average molecular weight is 448 g/mol. The molecule has 0 bridgehead atoms. The molecule has 33 heavy (non-hydrogen) atoms. The highest BCUT2D eigenvalue weighted by molar-refractivity contribution is 5.94. The topological polar surface area (TPSA) is 105 Å². The molecule has 2 atom stereocenters. The number of fused-ring (bicyclic) bond motifs is 1. The van der Waals surface area contributed by atoms with Crippen molar-refractivity contribution in [2.24, 2.45) is 7.05 Å². The van der Waals surface area contributed by atoms with Gasteiger partial charge in [0, 0.05) is 44.4 Å². The van der Waals surface area contributed by atoms with Gasteiger partial charge in [-0.2, -0.15) is 0 Å². The molecule has 4 aromatic rings. The van der Waals surface area contributed by atoms with Crippen molar-refractivity contribution in [3.05, 3.63) is 88.4 Å². The van der Waals surface area contributed by atoms with Gasteiger partial charge < -0.3 is 19.9 Å². The zero-order chi connectivity index (χ0) is 23.1. The summed E-state index contributed by atoms with van der Waals surface area (Å²) in [5, 5.41) is 17.3. The van der Waals surface area contributed by atoms with Crippen LogP contribution in [0.15, 0.2) is 66.0 Å². The van der Waals surface area contributed by atoms with Crippen molar-refractivity contribution in [3.8, 4) is 5.75 Å². The van der Waals surface area contributed by atoms with E-state index < -0.39 is 17.1 Å². The van der Waals surface area contributed by atoms with Gasteiger partial charge in [0.15, 0.2) is 11.4 Å². The third-order valence-electron chi connectivity index (χ3n) is 5.79. The molecular weight excluding hydrogens is 427 g/mol. The lowest BCUT2D eigenvalue weighted by Crippen LogP contribution is -2.39. The quantitative estimate of drug-likeness (QED) is 0.495. The van der Waals surface area contributed by atoms with Crippen LogP contribution in [0.1, 0.15) is 28.4 Å². The summed E-state index contributed by atoms with van der Waals surface area (Å²) in [6, 6.07) is 9.45. The van der Waals surface area contributed by atoms with Crippen LogP contribution in [-0.2, 0) is 7.05 Å². The molecule has 1 saturated heterocycles. The number of carbonyl (C=O) groups excluding carboxylic acids is 1. The van der Waals surface area contributed by atoms with Crippen LogP contribution in [0.4, 0.5) is 10.2 Å². The summed E-state index contributed by atoms with van der Waals surface area (Å²) in [6.45, 7) is 0.402. The molecule has 1 aromatic carbocycles. The van der Waals surface area contributed by atoms with Gasteiger partial charge in [0.2, 0.25) is 5.43 Å². The van der Waals surface area contributed by atoms with Crippen molar-refractivity contribution in [3.63, 3.8) is 0 Å². The van der Waals surface area contributed by atoms with Crippen molar-refractivity contribution in [2.45, 2.75) is 18.5 Å². The number of rotatable bonds is 4. The Morgan fingerprint density at radius 2 is 2.09 bits per heavy atom. The van der Waals surface area contributed by atoms with Gasteiger partial charge in [-0.15, -0.1) is 5.10 Å². The normalized spacial score (nSPS) is 18.1. The van der Waals surface area contributed by atoms with E-state index >= 15 is 0 Å². The summed E-state index contributed by atoms with van der Waals surface area (Å²) >= 11 is 0. The first kappa shape index (κ1) is 20.7. The average Bonchev–Trinajstić information content (AvgIpc) is 3.42. The predicted molar refractivity (Wildman–Crippen MR) is 119 cm³/mol.